The first-order valence-electron chi connectivity index (χ1n) is 13.5. The van der Waals surface area contributed by atoms with Crippen molar-refractivity contribution >= 4 is 58.5 Å². The number of nitrogens with zero attached hydrogens (tertiary/aromatic N) is 2. The average Bonchev–Trinajstić information content (AvgIpc) is 3.91. The second-order valence-corrected chi connectivity index (χ2v) is 10.6. The van der Waals surface area contributed by atoms with Gasteiger partial charge in [0, 0.05) is 19.3 Å². The van der Waals surface area contributed by atoms with Crippen LogP contribution in [0.3, 0.4) is 0 Å². The molecular formula is C30H30Cl2N6O4. The molecule has 3 aromatic rings. The van der Waals surface area contributed by atoms with E-state index in [1.807, 2.05) is 60.7 Å². The maximum Gasteiger partial charge on any atom is 0.248 e. The minimum Gasteiger partial charge on any atom is -0.464 e. The second kappa shape index (κ2) is 14.2. The maximum atomic E-state index is 12.1. The molecule has 0 bridgehead atoms. The van der Waals surface area contributed by atoms with Crippen LogP contribution >= 0.6 is 23.2 Å². The van der Waals surface area contributed by atoms with Crippen LogP contribution in [-0.2, 0) is 25.6 Å². The van der Waals surface area contributed by atoms with Gasteiger partial charge in [0.05, 0.1) is 34.2 Å². The number of nitrogens with one attached hydrogen (secondary N) is 4. The number of para-hydroxylation sites is 2. The van der Waals surface area contributed by atoms with Crippen LogP contribution < -0.4 is 21.5 Å². The van der Waals surface area contributed by atoms with Crippen LogP contribution in [0.2, 0.25) is 10.0 Å². The number of anilines is 2. The van der Waals surface area contributed by atoms with Gasteiger partial charge in [-0.05, 0) is 41.8 Å². The van der Waals surface area contributed by atoms with Crippen LogP contribution in [0.15, 0.2) is 83.0 Å². The number of ether oxygens (including phenoxy) is 2. The highest BCUT2D eigenvalue weighted by Gasteiger charge is 2.39. The number of rotatable bonds is 14. The van der Waals surface area contributed by atoms with E-state index in [-0.39, 0.29) is 30.3 Å². The van der Waals surface area contributed by atoms with E-state index in [0.717, 1.165) is 16.8 Å². The summed E-state index contributed by atoms with van der Waals surface area (Å²) in [5, 5.41) is 15.4. The topological polar surface area (TPSA) is 132 Å². The summed E-state index contributed by atoms with van der Waals surface area (Å²) >= 11 is 12.2. The number of hydrogen-bond acceptors (Lipinski definition) is 8. The molecule has 42 heavy (non-hydrogen) atoms. The van der Waals surface area contributed by atoms with Gasteiger partial charge in [0.2, 0.25) is 17.7 Å². The van der Waals surface area contributed by atoms with Gasteiger partial charge in [-0.2, -0.15) is 5.10 Å². The Bertz CT molecular complexity index is 1470. The number of hydrogen-bond donors (Lipinski definition) is 4. The summed E-state index contributed by atoms with van der Waals surface area (Å²) in [4.78, 5) is 24.3. The molecule has 218 valence electrons. The van der Waals surface area contributed by atoms with Crippen molar-refractivity contribution < 1.29 is 19.1 Å². The van der Waals surface area contributed by atoms with Crippen molar-refractivity contribution in [3.05, 3.63) is 94.0 Å². The minimum atomic E-state index is -0.181. The molecule has 0 aliphatic carbocycles. The smallest absolute Gasteiger partial charge is 0.248 e. The summed E-state index contributed by atoms with van der Waals surface area (Å²) in [6.07, 6.45) is 2.98. The van der Waals surface area contributed by atoms with Crippen LogP contribution in [0.25, 0.3) is 0 Å². The number of carbonyl (C=O) groups excluding carboxylic acids is 2. The molecule has 2 saturated heterocycles. The van der Waals surface area contributed by atoms with Gasteiger partial charge < -0.3 is 25.5 Å². The van der Waals surface area contributed by atoms with Crippen molar-refractivity contribution in [1.29, 1.82) is 0 Å². The Balaban J connectivity index is 0.934. The van der Waals surface area contributed by atoms with Gasteiger partial charge in [-0.25, -0.2) is 5.43 Å². The summed E-state index contributed by atoms with van der Waals surface area (Å²) in [6.45, 7) is 0.510. The lowest BCUT2D eigenvalue weighted by atomic mass is 10.1. The molecule has 0 spiro atoms. The summed E-state index contributed by atoms with van der Waals surface area (Å²) < 4.78 is 11.0. The summed E-state index contributed by atoms with van der Waals surface area (Å²) in [6, 6.07) is 22.2. The molecule has 2 aliphatic heterocycles. The molecule has 12 heteroatoms. The molecule has 2 amide bonds. The van der Waals surface area contributed by atoms with Gasteiger partial charge in [0.15, 0.2) is 12.3 Å². The van der Waals surface area contributed by atoms with Crippen LogP contribution in [0.1, 0.15) is 36.8 Å². The first-order chi connectivity index (χ1) is 20.4. The minimum absolute atomic E-state index is 0.0360. The Kier molecular flexibility index (Phi) is 9.91. The van der Waals surface area contributed by atoms with Crippen molar-refractivity contribution in [1.82, 2.24) is 10.9 Å². The molecule has 5 rings (SSSR count). The molecule has 2 aliphatic rings. The summed E-state index contributed by atoms with van der Waals surface area (Å²) in [7, 11) is 0. The Morgan fingerprint density at radius 1 is 0.857 bits per heavy atom. The van der Waals surface area contributed by atoms with Crippen LogP contribution in [0, 0.1) is 0 Å². The Morgan fingerprint density at radius 3 is 2.29 bits per heavy atom. The number of amides is 2. The van der Waals surface area contributed by atoms with Gasteiger partial charge in [0.1, 0.15) is 6.10 Å². The lowest BCUT2D eigenvalue weighted by Gasteiger charge is -2.05. The van der Waals surface area contributed by atoms with Gasteiger partial charge >= 0.3 is 0 Å². The SMILES string of the molecule is O=C(CCC1OC1Nc1ccccc1Cl)N/N=C\c1ccc(CNN=C2OC2CCC(=O)Nc2ccccc2Cl)cc1. The second-order valence-electron chi connectivity index (χ2n) is 9.75. The van der Waals surface area contributed by atoms with Gasteiger partial charge in [0.25, 0.3) is 0 Å². The zero-order valence-corrected chi connectivity index (χ0v) is 24.1. The highest BCUT2D eigenvalue weighted by Crippen LogP contribution is 2.31. The predicted octanol–water partition coefficient (Wildman–Crippen LogP) is 5.28. The van der Waals surface area contributed by atoms with Crippen LogP contribution in [0.5, 0.6) is 0 Å². The molecule has 4 N–H and O–H groups in total. The standard InChI is InChI=1S/C30H30Cl2N6O4/c31-21-5-1-3-7-23(21)35-27(39)15-13-26-30(42-26)38-34-18-20-11-9-19(10-12-20)17-33-37-28(40)16-14-25-29(41-25)36-24-8-4-2-6-22(24)32/h1-12,17,25-26,29,34,36H,13-16,18H2,(H,35,39)(H,37,40)/b33-17-,38-30?. The summed E-state index contributed by atoms with van der Waals surface area (Å²) in [5.74, 6) is 0.277. The quantitative estimate of drug-likeness (QED) is 0.112. The summed E-state index contributed by atoms with van der Waals surface area (Å²) in [5.41, 5.74) is 8.80. The zero-order valence-electron chi connectivity index (χ0n) is 22.6. The fourth-order valence-corrected chi connectivity index (χ4v) is 4.46. The van der Waals surface area contributed by atoms with Crippen LogP contribution in [-0.4, -0.2) is 42.4 Å². The van der Waals surface area contributed by atoms with E-state index in [2.05, 4.69) is 31.7 Å². The van der Waals surface area contributed by atoms with E-state index in [0.29, 0.717) is 53.9 Å². The average molecular weight is 610 g/mol. The monoisotopic (exact) mass is 608 g/mol. The van der Waals surface area contributed by atoms with E-state index >= 15 is 0 Å². The fraction of sp³-hybridized carbons (Fsp3) is 0.267. The van der Waals surface area contributed by atoms with Crippen molar-refractivity contribution in [2.45, 2.75) is 50.7 Å². The molecule has 2 fully saturated rings. The molecule has 10 nitrogen and oxygen atoms in total. The van der Waals surface area contributed by atoms with E-state index in [9.17, 15) is 9.59 Å². The third-order valence-electron chi connectivity index (χ3n) is 6.53. The van der Waals surface area contributed by atoms with Gasteiger partial charge in [-0.1, -0.05) is 71.7 Å². The number of halogens is 2. The first-order valence-corrected chi connectivity index (χ1v) is 14.3. The number of epoxide rings is 2. The van der Waals surface area contributed by atoms with Crippen molar-refractivity contribution in [3.63, 3.8) is 0 Å². The molecule has 3 unspecified atom stereocenters. The number of benzene rings is 3. The molecule has 0 saturated carbocycles. The molecule has 0 aromatic heterocycles. The lowest BCUT2D eigenvalue weighted by Crippen LogP contribution is -2.18. The number of hydrazone groups is 2. The Hall–Kier alpha value is -4.12. The Labute approximate surface area is 253 Å². The third-order valence-corrected chi connectivity index (χ3v) is 7.19. The zero-order chi connectivity index (χ0) is 29.3. The molecule has 0 radical (unpaired) electrons. The van der Waals surface area contributed by atoms with E-state index < -0.39 is 0 Å². The van der Waals surface area contributed by atoms with E-state index in [1.165, 1.54) is 0 Å². The Morgan fingerprint density at radius 2 is 1.55 bits per heavy atom. The molecule has 3 atom stereocenters. The fourth-order valence-electron chi connectivity index (χ4n) is 4.09. The highest BCUT2D eigenvalue weighted by molar-refractivity contribution is 6.33. The van der Waals surface area contributed by atoms with Crippen molar-refractivity contribution in [2.24, 2.45) is 10.2 Å². The maximum absolute atomic E-state index is 12.1. The number of carbonyl (C=O) groups is 2. The van der Waals surface area contributed by atoms with Crippen molar-refractivity contribution in [2.75, 3.05) is 10.6 Å². The highest BCUT2D eigenvalue weighted by atomic mass is 35.5. The van der Waals surface area contributed by atoms with Gasteiger partial charge in [-0.3, -0.25) is 9.59 Å². The normalized spacial score (nSPS) is 19.7. The molecular weight excluding hydrogens is 579 g/mol. The van der Waals surface area contributed by atoms with E-state index in [1.54, 1.807) is 18.3 Å². The van der Waals surface area contributed by atoms with Gasteiger partial charge in [-0.15, -0.1) is 5.10 Å². The van der Waals surface area contributed by atoms with E-state index in [4.69, 9.17) is 32.7 Å². The van der Waals surface area contributed by atoms with Crippen molar-refractivity contribution in [3.8, 4) is 0 Å². The first kappa shape index (κ1) is 29.4. The third kappa shape index (κ3) is 8.94. The largest absolute Gasteiger partial charge is 0.464 e. The lowest BCUT2D eigenvalue weighted by molar-refractivity contribution is -0.121. The molecule has 2 heterocycles. The predicted molar refractivity (Wildman–Crippen MR) is 164 cm³/mol. The van der Waals surface area contributed by atoms with Crippen LogP contribution in [0.4, 0.5) is 11.4 Å². The molecule has 3 aromatic carbocycles.